The highest BCUT2D eigenvalue weighted by atomic mass is 35.5. The molecule has 0 aliphatic rings. The number of nitrogens with one attached hydrogen (secondary N) is 1. The summed E-state index contributed by atoms with van der Waals surface area (Å²) in [4.78, 5) is 0. The predicted molar refractivity (Wildman–Crippen MR) is 78.0 cm³/mol. The van der Waals surface area contributed by atoms with Crippen LogP contribution in [0.15, 0.2) is 30.3 Å². The Labute approximate surface area is 126 Å². The van der Waals surface area contributed by atoms with Gasteiger partial charge in [-0.2, -0.15) is 0 Å². The second-order valence-corrected chi connectivity index (χ2v) is 5.11. The van der Waals surface area contributed by atoms with E-state index in [4.69, 9.17) is 11.6 Å². The molecule has 0 spiro atoms. The number of hydrogen-bond acceptors (Lipinski definition) is 1. The van der Waals surface area contributed by atoms with E-state index in [1.165, 1.54) is 6.07 Å². The van der Waals surface area contributed by atoms with Crippen molar-refractivity contribution in [3.63, 3.8) is 0 Å². The number of halogens is 4. The molecule has 2 aromatic rings. The first kappa shape index (κ1) is 15.9. The molecule has 2 rings (SSSR count). The summed E-state index contributed by atoms with van der Waals surface area (Å²) in [5.41, 5.74) is 1.49. The van der Waals surface area contributed by atoms with Crippen molar-refractivity contribution in [1.29, 1.82) is 0 Å². The van der Waals surface area contributed by atoms with E-state index in [0.717, 1.165) is 11.6 Å². The molecule has 1 nitrogen and oxygen atoms in total. The van der Waals surface area contributed by atoms with Crippen LogP contribution in [0.3, 0.4) is 0 Å². The third-order valence-corrected chi connectivity index (χ3v) is 3.83. The van der Waals surface area contributed by atoms with Gasteiger partial charge < -0.3 is 5.32 Å². The van der Waals surface area contributed by atoms with Gasteiger partial charge >= 0.3 is 0 Å². The maximum Gasteiger partial charge on any atom is 0.194 e. The normalized spacial score (nSPS) is 12.5. The van der Waals surface area contributed by atoms with Gasteiger partial charge in [0.1, 0.15) is 0 Å². The molecule has 112 valence electrons. The molecule has 2 aromatic carbocycles. The predicted octanol–water partition coefficient (Wildman–Crippen LogP) is 4.76. The molecule has 1 unspecified atom stereocenters. The minimum absolute atomic E-state index is 0.0308. The molecule has 0 fully saturated rings. The molecule has 0 saturated heterocycles. The van der Waals surface area contributed by atoms with Crippen LogP contribution in [0.5, 0.6) is 0 Å². The van der Waals surface area contributed by atoms with Gasteiger partial charge in [-0.15, -0.1) is 0 Å². The molecule has 0 radical (unpaired) electrons. The van der Waals surface area contributed by atoms with Crippen molar-refractivity contribution in [2.24, 2.45) is 0 Å². The van der Waals surface area contributed by atoms with Crippen LogP contribution in [0.4, 0.5) is 13.2 Å². The lowest BCUT2D eigenvalue weighted by Crippen LogP contribution is -2.24. The van der Waals surface area contributed by atoms with Crippen molar-refractivity contribution in [3.8, 4) is 0 Å². The summed E-state index contributed by atoms with van der Waals surface area (Å²) in [7, 11) is 0. The molecule has 0 saturated carbocycles. The van der Waals surface area contributed by atoms with Gasteiger partial charge in [0.05, 0.1) is 6.04 Å². The average Bonchev–Trinajstić information content (AvgIpc) is 2.46. The Morgan fingerprint density at radius 3 is 2.43 bits per heavy atom. The average molecular weight is 314 g/mol. The van der Waals surface area contributed by atoms with Gasteiger partial charge in [-0.25, -0.2) is 13.2 Å². The van der Waals surface area contributed by atoms with Crippen LogP contribution in [-0.2, 0) is 0 Å². The van der Waals surface area contributed by atoms with E-state index < -0.39 is 23.5 Å². The van der Waals surface area contributed by atoms with Crippen molar-refractivity contribution in [1.82, 2.24) is 5.32 Å². The Hall–Kier alpha value is -1.52. The SMILES string of the molecule is CCNC(c1ccc(F)c(F)c1F)c1cccc(C)c1Cl. The second kappa shape index (κ2) is 6.50. The summed E-state index contributed by atoms with van der Waals surface area (Å²) >= 11 is 6.27. The van der Waals surface area contributed by atoms with Gasteiger partial charge in [-0.05, 0) is 30.7 Å². The molecule has 0 aromatic heterocycles. The zero-order valence-electron chi connectivity index (χ0n) is 11.7. The minimum Gasteiger partial charge on any atom is -0.306 e. The Morgan fingerprint density at radius 1 is 1.05 bits per heavy atom. The molecule has 0 aliphatic heterocycles. The summed E-state index contributed by atoms with van der Waals surface area (Å²) in [5, 5.41) is 3.54. The summed E-state index contributed by atoms with van der Waals surface area (Å²) in [6, 6.07) is 6.87. The van der Waals surface area contributed by atoms with E-state index in [-0.39, 0.29) is 5.56 Å². The molecule has 1 N–H and O–H groups in total. The lowest BCUT2D eigenvalue weighted by atomic mass is 9.96. The largest absolute Gasteiger partial charge is 0.306 e. The van der Waals surface area contributed by atoms with E-state index >= 15 is 0 Å². The number of hydrogen-bond donors (Lipinski definition) is 1. The van der Waals surface area contributed by atoms with Crippen molar-refractivity contribution < 1.29 is 13.2 Å². The molecule has 1 atom stereocenters. The quantitative estimate of drug-likeness (QED) is 0.802. The van der Waals surface area contributed by atoms with E-state index in [2.05, 4.69) is 5.32 Å². The van der Waals surface area contributed by atoms with Crippen LogP contribution < -0.4 is 5.32 Å². The molecule has 0 heterocycles. The van der Waals surface area contributed by atoms with Crippen molar-refractivity contribution in [3.05, 3.63) is 69.5 Å². The fourth-order valence-electron chi connectivity index (χ4n) is 2.25. The molecular formula is C16H15ClF3N. The lowest BCUT2D eigenvalue weighted by molar-refractivity contribution is 0.433. The summed E-state index contributed by atoms with van der Waals surface area (Å²) < 4.78 is 40.6. The Balaban J connectivity index is 2.59. The third-order valence-electron chi connectivity index (χ3n) is 3.32. The highest BCUT2D eigenvalue weighted by Crippen LogP contribution is 2.32. The summed E-state index contributed by atoms with van der Waals surface area (Å²) in [5.74, 6) is -3.88. The molecule has 0 aliphatic carbocycles. The summed E-state index contributed by atoms with van der Waals surface area (Å²) in [6.45, 7) is 4.19. The second-order valence-electron chi connectivity index (χ2n) is 4.73. The zero-order valence-corrected chi connectivity index (χ0v) is 12.4. The van der Waals surface area contributed by atoms with Crippen LogP contribution in [-0.4, -0.2) is 6.54 Å². The van der Waals surface area contributed by atoms with Crippen LogP contribution in [0.1, 0.15) is 29.7 Å². The van der Waals surface area contributed by atoms with Gasteiger partial charge in [-0.3, -0.25) is 0 Å². The summed E-state index contributed by atoms with van der Waals surface area (Å²) in [6.07, 6.45) is 0. The number of benzene rings is 2. The van der Waals surface area contributed by atoms with Gasteiger partial charge in [0.15, 0.2) is 17.5 Å². The van der Waals surface area contributed by atoms with Crippen molar-refractivity contribution >= 4 is 11.6 Å². The van der Waals surface area contributed by atoms with Crippen LogP contribution in [0.2, 0.25) is 5.02 Å². The zero-order chi connectivity index (χ0) is 15.6. The highest BCUT2D eigenvalue weighted by Gasteiger charge is 2.23. The standard InChI is InChI=1S/C16H15ClF3N/c1-3-21-16(10-6-4-5-9(2)13(10)17)11-7-8-12(18)15(20)14(11)19/h4-8,16,21H,3H2,1-2H3. The first-order valence-electron chi connectivity index (χ1n) is 6.59. The first-order valence-corrected chi connectivity index (χ1v) is 6.97. The van der Waals surface area contributed by atoms with Crippen molar-refractivity contribution in [2.75, 3.05) is 6.54 Å². The maximum atomic E-state index is 14.1. The number of aryl methyl sites for hydroxylation is 1. The van der Waals surface area contributed by atoms with Crippen LogP contribution in [0, 0.1) is 24.4 Å². The van der Waals surface area contributed by atoms with Gasteiger partial charge in [0.2, 0.25) is 0 Å². The fraction of sp³-hybridized carbons (Fsp3) is 0.250. The Bertz CT molecular complexity index is 658. The first-order chi connectivity index (χ1) is 9.97. The molecule has 5 heteroatoms. The Morgan fingerprint density at radius 2 is 1.76 bits per heavy atom. The molecular weight excluding hydrogens is 299 g/mol. The van der Waals surface area contributed by atoms with Gasteiger partial charge in [0, 0.05) is 10.6 Å². The Kier molecular flexibility index (Phi) is 4.91. The smallest absolute Gasteiger partial charge is 0.194 e. The number of rotatable bonds is 4. The molecule has 0 amide bonds. The van der Waals surface area contributed by atoms with E-state index in [1.807, 2.05) is 19.9 Å². The monoisotopic (exact) mass is 313 g/mol. The highest BCUT2D eigenvalue weighted by molar-refractivity contribution is 6.32. The van der Waals surface area contributed by atoms with E-state index in [1.54, 1.807) is 12.1 Å². The van der Waals surface area contributed by atoms with E-state index in [0.29, 0.717) is 17.1 Å². The van der Waals surface area contributed by atoms with Crippen LogP contribution in [0.25, 0.3) is 0 Å². The lowest BCUT2D eigenvalue weighted by Gasteiger charge is -2.21. The fourth-order valence-corrected chi connectivity index (χ4v) is 2.48. The topological polar surface area (TPSA) is 12.0 Å². The van der Waals surface area contributed by atoms with Crippen LogP contribution >= 0.6 is 11.6 Å². The van der Waals surface area contributed by atoms with E-state index in [9.17, 15) is 13.2 Å². The molecule has 21 heavy (non-hydrogen) atoms. The van der Waals surface area contributed by atoms with Gasteiger partial charge in [-0.1, -0.05) is 42.8 Å². The maximum absolute atomic E-state index is 14.1. The minimum atomic E-state index is -1.47. The van der Waals surface area contributed by atoms with Gasteiger partial charge in [0.25, 0.3) is 0 Å². The van der Waals surface area contributed by atoms with Crippen molar-refractivity contribution in [2.45, 2.75) is 19.9 Å². The molecule has 0 bridgehead atoms. The third kappa shape index (κ3) is 3.06.